The third kappa shape index (κ3) is 5.13. The van der Waals surface area contributed by atoms with Gasteiger partial charge in [-0.1, -0.05) is 6.07 Å². The molecule has 1 aromatic heterocycles. The van der Waals surface area contributed by atoms with Crippen molar-refractivity contribution < 1.29 is 4.79 Å². The molecule has 6 heteroatoms. The van der Waals surface area contributed by atoms with E-state index in [1.165, 1.54) is 4.88 Å². The van der Waals surface area contributed by atoms with E-state index in [9.17, 15) is 4.79 Å². The van der Waals surface area contributed by atoms with Crippen molar-refractivity contribution in [3.8, 4) is 0 Å². The molecule has 0 aliphatic rings. The molecule has 23 heavy (non-hydrogen) atoms. The molecular formula is C17H21N3OS2. The normalized spacial score (nSPS) is 12.0. The van der Waals surface area contributed by atoms with Gasteiger partial charge in [0, 0.05) is 22.7 Å². The number of rotatable bonds is 6. The van der Waals surface area contributed by atoms with Crippen LogP contribution in [0.15, 0.2) is 41.8 Å². The lowest BCUT2D eigenvalue weighted by Gasteiger charge is -2.24. The first kappa shape index (κ1) is 17.6. The molecule has 0 amide bonds. The molecule has 0 saturated carbocycles. The number of thiophene rings is 1. The molecule has 122 valence electrons. The first-order valence-corrected chi connectivity index (χ1v) is 8.62. The van der Waals surface area contributed by atoms with Gasteiger partial charge >= 0.3 is 0 Å². The maximum atomic E-state index is 11.3. The summed E-state index contributed by atoms with van der Waals surface area (Å²) < 4.78 is 0. The van der Waals surface area contributed by atoms with E-state index in [-0.39, 0.29) is 11.8 Å². The van der Waals surface area contributed by atoms with E-state index in [0.717, 1.165) is 12.2 Å². The predicted octanol–water partition coefficient (Wildman–Crippen LogP) is 3.54. The van der Waals surface area contributed by atoms with Crippen LogP contribution in [-0.4, -0.2) is 36.4 Å². The maximum absolute atomic E-state index is 11.3. The molecule has 0 aliphatic heterocycles. The summed E-state index contributed by atoms with van der Waals surface area (Å²) in [6.45, 7) is 2.28. The van der Waals surface area contributed by atoms with Gasteiger partial charge in [-0.2, -0.15) is 0 Å². The van der Waals surface area contributed by atoms with Crippen LogP contribution in [0.3, 0.4) is 0 Å². The molecule has 2 aromatic rings. The Hall–Kier alpha value is -1.76. The Bertz CT molecular complexity index is 651. The third-order valence-electron chi connectivity index (χ3n) is 3.50. The molecule has 1 aromatic carbocycles. The smallest absolute Gasteiger partial charge is 0.170 e. The molecule has 0 fully saturated rings. The number of Topliss-reactive ketones (excluding diaryl/α,β-unsaturated/α-hetero) is 1. The Balaban J connectivity index is 1.90. The Kier molecular flexibility index (Phi) is 6.27. The van der Waals surface area contributed by atoms with Gasteiger partial charge in [0.25, 0.3) is 0 Å². The minimum absolute atomic E-state index is 0.0574. The topological polar surface area (TPSA) is 44.4 Å². The van der Waals surface area contributed by atoms with Crippen molar-refractivity contribution >= 4 is 40.1 Å². The lowest BCUT2D eigenvalue weighted by molar-refractivity contribution is 0.101. The quantitative estimate of drug-likeness (QED) is 0.618. The first-order chi connectivity index (χ1) is 11.0. The van der Waals surface area contributed by atoms with Gasteiger partial charge in [0.05, 0.1) is 6.04 Å². The number of anilines is 1. The van der Waals surface area contributed by atoms with E-state index in [1.807, 2.05) is 12.1 Å². The molecule has 2 rings (SSSR count). The molecule has 0 saturated heterocycles. The molecule has 0 aliphatic carbocycles. The van der Waals surface area contributed by atoms with Gasteiger partial charge in [-0.3, -0.25) is 4.79 Å². The summed E-state index contributed by atoms with van der Waals surface area (Å²) >= 11 is 7.09. The summed E-state index contributed by atoms with van der Waals surface area (Å²) in [4.78, 5) is 14.7. The average Bonchev–Trinajstić information content (AvgIpc) is 3.01. The lowest BCUT2D eigenvalue weighted by atomic mass is 10.1. The first-order valence-electron chi connectivity index (χ1n) is 7.33. The van der Waals surface area contributed by atoms with Gasteiger partial charge in [-0.15, -0.1) is 11.3 Å². The van der Waals surface area contributed by atoms with Crippen molar-refractivity contribution in [3.05, 3.63) is 52.2 Å². The number of hydrogen-bond acceptors (Lipinski definition) is 4. The highest BCUT2D eigenvalue weighted by molar-refractivity contribution is 7.80. The molecule has 0 unspecified atom stereocenters. The minimum Gasteiger partial charge on any atom is -0.360 e. The molecular weight excluding hydrogens is 326 g/mol. The van der Waals surface area contributed by atoms with E-state index < -0.39 is 0 Å². The number of carbonyl (C=O) groups is 1. The number of hydrogen-bond donors (Lipinski definition) is 2. The van der Waals surface area contributed by atoms with Gasteiger partial charge in [-0.05, 0) is 68.9 Å². The number of nitrogens with zero attached hydrogens (tertiary/aromatic N) is 1. The fraction of sp³-hybridized carbons (Fsp3) is 0.294. The molecule has 0 bridgehead atoms. The summed E-state index contributed by atoms with van der Waals surface area (Å²) in [5, 5.41) is 9.05. The number of nitrogens with one attached hydrogen (secondary N) is 2. The Morgan fingerprint density at radius 1 is 1.26 bits per heavy atom. The molecule has 0 spiro atoms. The van der Waals surface area contributed by atoms with Crippen LogP contribution in [-0.2, 0) is 0 Å². The maximum Gasteiger partial charge on any atom is 0.170 e. The highest BCUT2D eigenvalue weighted by atomic mass is 32.1. The fourth-order valence-corrected chi connectivity index (χ4v) is 3.30. The Labute approximate surface area is 146 Å². The second-order valence-corrected chi connectivity index (χ2v) is 6.85. The van der Waals surface area contributed by atoms with Crippen molar-refractivity contribution in [2.45, 2.75) is 13.0 Å². The zero-order valence-electron chi connectivity index (χ0n) is 13.5. The summed E-state index contributed by atoms with van der Waals surface area (Å²) in [7, 11) is 4.12. The molecule has 1 heterocycles. The zero-order chi connectivity index (χ0) is 16.8. The highest BCUT2D eigenvalue weighted by Crippen LogP contribution is 2.22. The van der Waals surface area contributed by atoms with Crippen LogP contribution in [0.1, 0.15) is 28.2 Å². The van der Waals surface area contributed by atoms with Gasteiger partial charge < -0.3 is 15.5 Å². The molecule has 4 nitrogen and oxygen atoms in total. The number of likely N-dealkylation sites (N-methyl/N-ethyl adjacent to an activating group) is 1. The van der Waals surface area contributed by atoms with Crippen molar-refractivity contribution in [3.63, 3.8) is 0 Å². The molecule has 1 atom stereocenters. The van der Waals surface area contributed by atoms with E-state index in [2.05, 4.69) is 47.1 Å². The predicted molar refractivity (Wildman–Crippen MR) is 101 cm³/mol. The molecule has 2 N–H and O–H groups in total. The number of carbonyl (C=O) groups excluding carboxylic acids is 1. The van der Waals surface area contributed by atoms with Gasteiger partial charge in [0.2, 0.25) is 0 Å². The summed E-state index contributed by atoms with van der Waals surface area (Å²) in [5.74, 6) is 0.0574. The lowest BCUT2D eigenvalue weighted by Crippen LogP contribution is -2.36. The van der Waals surface area contributed by atoms with Crippen LogP contribution in [0.2, 0.25) is 0 Å². The minimum atomic E-state index is 0.0574. The number of benzene rings is 1. The second kappa shape index (κ2) is 8.19. The summed E-state index contributed by atoms with van der Waals surface area (Å²) in [5.41, 5.74) is 1.56. The van der Waals surface area contributed by atoms with E-state index in [4.69, 9.17) is 12.2 Å². The van der Waals surface area contributed by atoms with Crippen LogP contribution in [0.5, 0.6) is 0 Å². The van der Waals surface area contributed by atoms with Crippen LogP contribution in [0.25, 0.3) is 0 Å². The van der Waals surface area contributed by atoms with Crippen LogP contribution < -0.4 is 10.6 Å². The molecule has 0 radical (unpaired) electrons. The van der Waals surface area contributed by atoms with Crippen LogP contribution in [0, 0.1) is 0 Å². The monoisotopic (exact) mass is 347 g/mol. The summed E-state index contributed by atoms with van der Waals surface area (Å²) in [6, 6.07) is 11.8. The van der Waals surface area contributed by atoms with Crippen LogP contribution in [0.4, 0.5) is 5.69 Å². The second-order valence-electron chi connectivity index (χ2n) is 5.46. The van der Waals surface area contributed by atoms with E-state index in [0.29, 0.717) is 10.7 Å². The highest BCUT2D eigenvalue weighted by Gasteiger charge is 2.15. The van der Waals surface area contributed by atoms with Gasteiger partial charge in [0.1, 0.15) is 0 Å². The average molecular weight is 348 g/mol. The van der Waals surface area contributed by atoms with Crippen molar-refractivity contribution in [2.75, 3.05) is 26.0 Å². The Morgan fingerprint density at radius 2 is 1.96 bits per heavy atom. The van der Waals surface area contributed by atoms with Crippen molar-refractivity contribution in [2.24, 2.45) is 0 Å². The van der Waals surface area contributed by atoms with Crippen molar-refractivity contribution in [1.29, 1.82) is 0 Å². The third-order valence-corrected chi connectivity index (χ3v) is 4.72. The van der Waals surface area contributed by atoms with Gasteiger partial charge in [0.15, 0.2) is 10.9 Å². The standard InChI is InChI=1S/C17H21N3OS2/c1-12(21)13-6-8-14(9-7-13)19-17(22)18-11-15(20(2)3)16-5-4-10-23-16/h4-10,15H,11H2,1-3H3,(H2,18,19,22)/t15-/m0/s1. The van der Waals surface area contributed by atoms with E-state index >= 15 is 0 Å². The number of thiocarbonyl (C=S) groups is 1. The zero-order valence-corrected chi connectivity index (χ0v) is 15.1. The van der Waals surface area contributed by atoms with Crippen molar-refractivity contribution in [1.82, 2.24) is 10.2 Å². The SMILES string of the molecule is CC(=O)c1ccc(NC(=S)NC[C@@H](c2cccs2)N(C)C)cc1. The fourth-order valence-electron chi connectivity index (χ4n) is 2.17. The van der Waals surface area contributed by atoms with E-state index in [1.54, 1.807) is 30.4 Å². The van der Waals surface area contributed by atoms with Crippen LogP contribution >= 0.6 is 23.6 Å². The largest absolute Gasteiger partial charge is 0.360 e. The Morgan fingerprint density at radius 3 is 2.48 bits per heavy atom. The number of ketones is 1. The summed E-state index contributed by atoms with van der Waals surface area (Å²) in [6.07, 6.45) is 0. The van der Waals surface area contributed by atoms with Gasteiger partial charge in [-0.25, -0.2) is 0 Å².